The average molecular weight is 592 g/mol. The van der Waals surface area contributed by atoms with Crippen molar-refractivity contribution in [1.82, 2.24) is 24.4 Å². The van der Waals surface area contributed by atoms with E-state index >= 15 is 0 Å². The minimum atomic E-state index is -0.251. The first-order valence-corrected chi connectivity index (χ1v) is 14.3. The van der Waals surface area contributed by atoms with Crippen LogP contribution in [0.5, 0.6) is 23.0 Å². The van der Waals surface area contributed by atoms with Crippen molar-refractivity contribution in [2.45, 2.75) is 0 Å². The van der Waals surface area contributed by atoms with E-state index in [-0.39, 0.29) is 5.56 Å². The van der Waals surface area contributed by atoms with Crippen molar-refractivity contribution in [2.24, 2.45) is 0 Å². The first kappa shape index (κ1) is 26.5. The minimum absolute atomic E-state index is 0.251. The van der Waals surface area contributed by atoms with Crippen LogP contribution in [0.4, 0.5) is 0 Å². The van der Waals surface area contributed by atoms with Gasteiger partial charge in [-0.3, -0.25) is 4.79 Å². The smallest absolute Gasteiger partial charge is 0.291 e. The molecule has 214 valence electrons. The Labute approximate surface area is 249 Å². The van der Waals surface area contributed by atoms with Gasteiger partial charge in [-0.2, -0.15) is 14.6 Å². The van der Waals surface area contributed by atoms with Gasteiger partial charge in [0.1, 0.15) is 18.9 Å². The van der Waals surface area contributed by atoms with Crippen LogP contribution >= 0.6 is 11.3 Å². The van der Waals surface area contributed by atoms with Crippen molar-refractivity contribution >= 4 is 34.5 Å². The number of ether oxygens (including phenoxy) is 4. The van der Waals surface area contributed by atoms with Crippen molar-refractivity contribution in [3.8, 4) is 39.9 Å². The maximum absolute atomic E-state index is 13.4. The fourth-order valence-electron chi connectivity index (χ4n) is 4.81. The molecule has 4 heterocycles. The van der Waals surface area contributed by atoms with Gasteiger partial charge in [0.05, 0.1) is 24.4 Å². The molecule has 0 atom stereocenters. The normalized spacial score (nSPS) is 13.2. The van der Waals surface area contributed by atoms with Crippen LogP contribution in [0.25, 0.3) is 40.1 Å². The van der Waals surface area contributed by atoms with Gasteiger partial charge in [0.25, 0.3) is 5.56 Å². The zero-order valence-electron chi connectivity index (χ0n) is 23.3. The summed E-state index contributed by atoms with van der Waals surface area (Å²) in [6.45, 7) is 1.00. The third-order valence-corrected chi connectivity index (χ3v) is 7.86. The second-order valence-electron chi connectivity index (χ2n) is 9.60. The molecule has 0 bridgehead atoms. The average Bonchev–Trinajstić information content (AvgIpc) is 3.74. The minimum Gasteiger partial charge on any atom is -0.493 e. The summed E-state index contributed by atoms with van der Waals surface area (Å²) in [5.74, 6) is 3.06. The molecule has 6 aromatic rings. The van der Waals surface area contributed by atoms with Gasteiger partial charge in [0.15, 0.2) is 28.8 Å². The highest BCUT2D eigenvalue weighted by molar-refractivity contribution is 7.15. The first-order chi connectivity index (χ1) is 21.1. The van der Waals surface area contributed by atoms with Crippen LogP contribution in [0, 0.1) is 0 Å². The number of aromatic nitrogens is 5. The fourth-order valence-corrected chi connectivity index (χ4v) is 5.71. The van der Waals surface area contributed by atoms with E-state index in [0.29, 0.717) is 57.2 Å². The van der Waals surface area contributed by atoms with Crippen molar-refractivity contribution in [1.29, 1.82) is 0 Å². The van der Waals surface area contributed by atoms with Gasteiger partial charge in [0.2, 0.25) is 4.96 Å². The maximum atomic E-state index is 13.4. The zero-order chi connectivity index (χ0) is 29.3. The first-order valence-electron chi connectivity index (χ1n) is 13.5. The van der Waals surface area contributed by atoms with E-state index < -0.39 is 0 Å². The van der Waals surface area contributed by atoms with E-state index in [2.05, 4.69) is 10.1 Å². The second-order valence-corrected chi connectivity index (χ2v) is 10.6. The van der Waals surface area contributed by atoms with Crippen LogP contribution in [0.3, 0.4) is 0 Å². The third kappa shape index (κ3) is 5.10. The Hall–Kier alpha value is -5.42. The molecule has 0 spiro atoms. The zero-order valence-corrected chi connectivity index (χ0v) is 24.1. The Morgan fingerprint density at radius 3 is 2.49 bits per heavy atom. The SMILES string of the molecule is COc1ccc(/C=C/c2nc3s/c(=C\c4cn(-c5ccccc5)nc4-c4ccc5c(c4)OCCO5)c(=O)n3n2)cc1OC. The number of methoxy groups -OCH3 is 2. The summed E-state index contributed by atoms with van der Waals surface area (Å²) < 4.78 is 25.8. The van der Waals surface area contributed by atoms with Crippen LogP contribution in [0.2, 0.25) is 0 Å². The number of nitrogens with zero attached hydrogens (tertiary/aromatic N) is 5. The molecule has 3 aromatic carbocycles. The highest BCUT2D eigenvalue weighted by atomic mass is 32.1. The summed E-state index contributed by atoms with van der Waals surface area (Å²) in [6, 6.07) is 21.1. The predicted octanol–water partition coefficient (Wildman–Crippen LogP) is 4.51. The largest absolute Gasteiger partial charge is 0.493 e. The summed E-state index contributed by atoms with van der Waals surface area (Å²) >= 11 is 1.27. The molecule has 7 rings (SSSR count). The number of hydrogen-bond acceptors (Lipinski definition) is 9. The Morgan fingerprint density at radius 1 is 0.884 bits per heavy atom. The summed E-state index contributed by atoms with van der Waals surface area (Å²) in [5, 5.41) is 9.32. The lowest BCUT2D eigenvalue weighted by Crippen LogP contribution is -2.23. The maximum Gasteiger partial charge on any atom is 0.291 e. The standard InChI is InChI=1S/C32H25N5O5S/c1-39-24-11-8-20(16-26(24)40-2)9-13-29-33-32-37(34-29)31(38)28(43-32)18-22-19-36(23-6-4-3-5-7-23)35-30(22)21-10-12-25-27(17-21)42-15-14-41-25/h3-13,16-19H,14-15H2,1-2H3/b13-9+,28-18-. The monoisotopic (exact) mass is 591 g/mol. The van der Waals surface area contributed by atoms with E-state index in [0.717, 1.165) is 22.4 Å². The van der Waals surface area contributed by atoms with Crippen LogP contribution in [0.1, 0.15) is 17.0 Å². The van der Waals surface area contributed by atoms with Crippen LogP contribution in [-0.2, 0) is 0 Å². The Morgan fingerprint density at radius 2 is 1.70 bits per heavy atom. The highest BCUT2D eigenvalue weighted by Gasteiger charge is 2.18. The van der Waals surface area contributed by atoms with Gasteiger partial charge in [-0.1, -0.05) is 41.7 Å². The molecule has 0 N–H and O–H groups in total. The van der Waals surface area contributed by atoms with Gasteiger partial charge in [-0.05, 0) is 60.2 Å². The summed E-state index contributed by atoms with van der Waals surface area (Å²) in [7, 11) is 3.18. The van der Waals surface area contributed by atoms with Crippen LogP contribution < -0.4 is 29.0 Å². The van der Waals surface area contributed by atoms with E-state index in [9.17, 15) is 4.79 Å². The Bertz CT molecular complexity index is 2100. The molecule has 1 aliphatic rings. The van der Waals surface area contributed by atoms with Crippen molar-refractivity contribution < 1.29 is 18.9 Å². The van der Waals surface area contributed by atoms with Gasteiger partial charge >= 0.3 is 0 Å². The molecule has 0 fully saturated rings. The second kappa shape index (κ2) is 11.1. The number of fused-ring (bicyclic) bond motifs is 2. The van der Waals surface area contributed by atoms with Crippen molar-refractivity contribution in [2.75, 3.05) is 27.4 Å². The predicted molar refractivity (Wildman–Crippen MR) is 164 cm³/mol. The van der Waals surface area contributed by atoms with Crippen LogP contribution in [0.15, 0.2) is 77.7 Å². The number of benzene rings is 3. The molecule has 0 aliphatic carbocycles. The quantitative estimate of drug-likeness (QED) is 0.267. The fraction of sp³-hybridized carbons (Fsp3) is 0.125. The molecule has 43 heavy (non-hydrogen) atoms. The lowest BCUT2D eigenvalue weighted by atomic mass is 10.1. The molecule has 0 saturated carbocycles. The van der Waals surface area contributed by atoms with E-state index in [4.69, 9.17) is 24.0 Å². The van der Waals surface area contributed by atoms with Crippen LogP contribution in [-0.4, -0.2) is 51.8 Å². The lowest BCUT2D eigenvalue weighted by Gasteiger charge is -2.18. The summed E-state index contributed by atoms with van der Waals surface area (Å²) in [6.07, 6.45) is 7.36. The molecule has 1 aliphatic heterocycles. The number of hydrogen-bond donors (Lipinski definition) is 0. The molecule has 0 amide bonds. The number of rotatable bonds is 7. The van der Waals surface area contributed by atoms with E-state index in [1.54, 1.807) is 25.0 Å². The van der Waals surface area contributed by atoms with Crippen molar-refractivity contribution in [3.63, 3.8) is 0 Å². The molecule has 0 saturated heterocycles. The van der Waals surface area contributed by atoms with Crippen molar-refractivity contribution in [3.05, 3.63) is 105 Å². The third-order valence-electron chi connectivity index (χ3n) is 6.90. The summed E-state index contributed by atoms with van der Waals surface area (Å²) in [5.41, 5.74) is 3.86. The molecular weight excluding hydrogens is 566 g/mol. The number of para-hydroxylation sites is 1. The summed E-state index contributed by atoms with van der Waals surface area (Å²) in [4.78, 5) is 18.5. The highest BCUT2D eigenvalue weighted by Crippen LogP contribution is 2.35. The molecule has 0 unspecified atom stereocenters. The molecule has 0 radical (unpaired) electrons. The van der Waals surface area contributed by atoms with Gasteiger partial charge < -0.3 is 18.9 Å². The Balaban J connectivity index is 1.26. The van der Waals surface area contributed by atoms with Gasteiger partial charge in [-0.25, -0.2) is 4.68 Å². The molecular formula is C32H25N5O5S. The van der Waals surface area contributed by atoms with Gasteiger partial charge in [0, 0.05) is 17.3 Å². The topological polar surface area (TPSA) is 102 Å². The number of thiazole rings is 1. The Kier molecular flexibility index (Phi) is 6.84. The van der Waals surface area contributed by atoms with Gasteiger partial charge in [-0.15, -0.1) is 5.10 Å². The van der Waals surface area contributed by atoms with E-state index in [1.807, 2.05) is 85.1 Å². The molecule has 10 nitrogen and oxygen atoms in total. The lowest BCUT2D eigenvalue weighted by molar-refractivity contribution is 0.171. The molecule has 3 aromatic heterocycles. The van der Waals surface area contributed by atoms with E-state index in [1.165, 1.54) is 15.9 Å². The molecule has 11 heteroatoms.